The lowest BCUT2D eigenvalue weighted by Gasteiger charge is -2.28. The van der Waals surface area contributed by atoms with Gasteiger partial charge in [-0.1, -0.05) is 95.0 Å². The molecular formula is C34H47N3O. The van der Waals surface area contributed by atoms with Gasteiger partial charge in [-0.15, -0.1) is 0 Å². The molecule has 0 spiro atoms. The third-order valence-corrected chi connectivity index (χ3v) is 7.18. The van der Waals surface area contributed by atoms with E-state index in [1.165, 1.54) is 50.5 Å². The maximum atomic E-state index is 13.7. The number of pyridine rings is 1. The van der Waals surface area contributed by atoms with Gasteiger partial charge in [0.15, 0.2) is 0 Å². The minimum atomic E-state index is 0.0879. The summed E-state index contributed by atoms with van der Waals surface area (Å²) < 4.78 is 0. The number of benzene rings is 2. The number of hydrogen-bond donors (Lipinski definition) is 0. The zero-order chi connectivity index (χ0) is 27.0. The van der Waals surface area contributed by atoms with E-state index in [2.05, 4.69) is 62.1 Å². The average molecular weight is 514 g/mol. The molecule has 0 saturated carbocycles. The van der Waals surface area contributed by atoms with E-state index >= 15 is 0 Å². The van der Waals surface area contributed by atoms with Gasteiger partial charge in [-0.05, 0) is 68.1 Å². The van der Waals surface area contributed by atoms with Crippen molar-refractivity contribution in [1.82, 2.24) is 14.8 Å². The largest absolute Gasteiger partial charge is 0.331 e. The first-order valence-electron chi connectivity index (χ1n) is 14.8. The first kappa shape index (κ1) is 29.6. The van der Waals surface area contributed by atoms with Gasteiger partial charge in [0.05, 0.1) is 12.2 Å². The van der Waals surface area contributed by atoms with Crippen molar-refractivity contribution in [2.24, 2.45) is 0 Å². The van der Waals surface area contributed by atoms with Crippen LogP contribution >= 0.6 is 0 Å². The van der Waals surface area contributed by atoms with Gasteiger partial charge in [-0.25, -0.2) is 0 Å². The summed E-state index contributed by atoms with van der Waals surface area (Å²) in [5.74, 6) is 0.0879. The number of carbonyl (C=O) groups is 1. The summed E-state index contributed by atoms with van der Waals surface area (Å²) in [7, 11) is 0. The summed E-state index contributed by atoms with van der Waals surface area (Å²) in [5, 5.41) is 0. The Labute approximate surface area is 231 Å². The molecule has 0 radical (unpaired) electrons. The molecule has 1 amide bonds. The third-order valence-electron chi connectivity index (χ3n) is 7.18. The SMILES string of the molecule is CCCCCc1ccc(C(=O)N(CCN(CCCC)CCCC)Cc2ccc(-c3ccccc3)cn2)cc1. The van der Waals surface area contributed by atoms with Crippen molar-refractivity contribution in [1.29, 1.82) is 0 Å². The van der Waals surface area contributed by atoms with Crippen LogP contribution in [0.3, 0.4) is 0 Å². The van der Waals surface area contributed by atoms with Crippen LogP contribution in [-0.4, -0.2) is 46.9 Å². The summed E-state index contributed by atoms with van der Waals surface area (Å²) in [6.45, 7) is 11.0. The fraction of sp³-hybridized carbons (Fsp3) is 0.471. The van der Waals surface area contributed by atoms with E-state index < -0.39 is 0 Å². The number of nitrogens with zero attached hydrogens (tertiary/aromatic N) is 3. The molecule has 0 unspecified atom stereocenters. The number of aryl methyl sites for hydroxylation is 1. The Morgan fingerprint density at radius 2 is 1.37 bits per heavy atom. The molecule has 0 atom stereocenters. The van der Waals surface area contributed by atoms with E-state index in [9.17, 15) is 4.79 Å². The highest BCUT2D eigenvalue weighted by atomic mass is 16.2. The topological polar surface area (TPSA) is 36.4 Å². The van der Waals surface area contributed by atoms with Crippen LogP contribution in [0.1, 0.15) is 87.3 Å². The Morgan fingerprint density at radius 3 is 1.97 bits per heavy atom. The van der Waals surface area contributed by atoms with Crippen LogP contribution in [0.5, 0.6) is 0 Å². The molecule has 2 aromatic carbocycles. The maximum Gasteiger partial charge on any atom is 0.254 e. The smallest absolute Gasteiger partial charge is 0.254 e. The fourth-order valence-corrected chi connectivity index (χ4v) is 4.70. The first-order valence-corrected chi connectivity index (χ1v) is 14.8. The highest BCUT2D eigenvalue weighted by Crippen LogP contribution is 2.19. The number of carbonyl (C=O) groups excluding carboxylic acids is 1. The number of unbranched alkanes of at least 4 members (excludes halogenated alkanes) is 4. The van der Waals surface area contributed by atoms with Gasteiger partial charge in [-0.3, -0.25) is 9.78 Å². The van der Waals surface area contributed by atoms with Gasteiger partial charge in [0.2, 0.25) is 0 Å². The molecule has 0 bridgehead atoms. The summed E-state index contributed by atoms with van der Waals surface area (Å²) in [6, 6.07) is 22.7. The predicted octanol–water partition coefficient (Wildman–Crippen LogP) is 8.03. The van der Waals surface area contributed by atoms with Gasteiger partial charge in [0.25, 0.3) is 5.91 Å². The molecule has 1 heterocycles. The lowest BCUT2D eigenvalue weighted by atomic mass is 10.0. The average Bonchev–Trinajstić information content (AvgIpc) is 2.97. The summed E-state index contributed by atoms with van der Waals surface area (Å²) in [4.78, 5) is 23.0. The summed E-state index contributed by atoms with van der Waals surface area (Å²) in [5.41, 5.74) is 5.24. The molecule has 1 aromatic heterocycles. The van der Waals surface area contributed by atoms with E-state index in [0.717, 1.165) is 48.4 Å². The molecule has 204 valence electrons. The molecule has 0 aliphatic rings. The maximum absolute atomic E-state index is 13.7. The zero-order valence-electron chi connectivity index (χ0n) is 23.9. The molecular weight excluding hydrogens is 466 g/mol. The zero-order valence-corrected chi connectivity index (χ0v) is 23.9. The minimum absolute atomic E-state index is 0.0879. The van der Waals surface area contributed by atoms with E-state index in [-0.39, 0.29) is 5.91 Å². The fourth-order valence-electron chi connectivity index (χ4n) is 4.70. The Morgan fingerprint density at radius 1 is 0.684 bits per heavy atom. The molecule has 0 aliphatic carbocycles. The van der Waals surface area contributed by atoms with Crippen molar-refractivity contribution in [2.75, 3.05) is 26.2 Å². The first-order chi connectivity index (χ1) is 18.6. The van der Waals surface area contributed by atoms with Crippen LogP contribution in [0.15, 0.2) is 72.9 Å². The van der Waals surface area contributed by atoms with Crippen LogP contribution in [-0.2, 0) is 13.0 Å². The van der Waals surface area contributed by atoms with E-state index in [1.807, 2.05) is 41.4 Å². The summed E-state index contributed by atoms with van der Waals surface area (Å²) in [6.07, 6.45) is 11.4. The van der Waals surface area contributed by atoms with Crippen molar-refractivity contribution in [3.05, 3.63) is 89.7 Å². The standard InChI is InChI=1S/C34H47N3O/c1-4-7-11-14-29-17-19-31(20-18-29)34(38)37(26-25-36(23-8-5-2)24-9-6-3)28-33-22-21-32(27-35-33)30-15-12-10-13-16-30/h10,12-13,15-22,27H,4-9,11,14,23-26,28H2,1-3H3. The van der Waals surface area contributed by atoms with Crippen LogP contribution in [0.2, 0.25) is 0 Å². The number of aromatic nitrogens is 1. The second-order valence-corrected chi connectivity index (χ2v) is 10.3. The van der Waals surface area contributed by atoms with Gasteiger partial charge in [-0.2, -0.15) is 0 Å². The summed E-state index contributed by atoms with van der Waals surface area (Å²) >= 11 is 0. The molecule has 4 nitrogen and oxygen atoms in total. The Hall–Kier alpha value is -2.98. The number of amides is 1. The molecule has 0 N–H and O–H groups in total. The van der Waals surface area contributed by atoms with Gasteiger partial charge in [0, 0.05) is 30.4 Å². The Bertz CT molecular complexity index is 1040. The van der Waals surface area contributed by atoms with Crippen LogP contribution in [0, 0.1) is 0 Å². The molecule has 4 heteroatoms. The molecule has 3 rings (SSSR count). The van der Waals surface area contributed by atoms with Crippen LogP contribution in [0.25, 0.3) is 11.1 Å². The quantitative estimate of drug-likeness (QED) is 0.171. The monoisotopic (exact) mass is 513 g/mol. The Balaban J connectivity index is 1.74. The lowest BCUT2D eigenvalue weighted by molar-refractivity contribution is 0.0718. The van der Waals surface area contributed by atoms with Crippen LogP contribution < -0.4 is 0 Å². The molecule has 0 aliphatic heterocycles. The van der Waals surface area contributed by atoms with Crippen molar-refractivity contribution in [2.45, 2.75) is 78.7 Å². The third kappa shape index (κ3) is 9.72. The molecule has 38 heavy (non-hydrogen) atoms. The van der Waals surface area contributed by atoms with E-state index in [0.29, 0.717) is 13.1 Å². The molecule has 0 fully saturated rings. The van der Waals surface area contributed by atoms with Crippen molar-refractivity contribution in [3.8, 4) is 11.1 Å². The highest BCUT2D eigenvalue weighted by Gasteiger charge is 2.18. The van der Waals surface area contributed by atoms with Crippen LogP contribution in [0.4, 0.5) is 0 Å². The predicted molar refractivity (Wildman–Crippen MR) is 160 cm³/mol. The van der Waals surface area contributed by atoms with Gasteiger partial charge >= 0.3 is 0 Å². The van der Waals surface area contributed by atoms with Crippen molar-refractivity contribution < 1.29 is 4.79 Å². The van der Waals surface area contributed by atoms with E-state index in [4.69, 9.17) is 4.98 Å². The van der Waals surface area contributed by atoms with E-state index in [1.54, 1.807) is 0 Å². The number of rotatable bonds is 17. The van der Waals surface area contributed by atoms with Crippen molar-refractivity contribution >= 4 is 5.91 Å². The van der Waals surface area contributed by atoms with Gasteiger partial charge in [0.1, 0.15) is 0 Å². The second-order valence-electron chi connectivity index (χ2n) is 10.3. The Kier molecular flexibility index (Phi) is 13.1. The number of hydrogen-bond acceptors (Lipinski definition) is 3. The second kappa shape index (κ2) is 16.8. The highest BCUT2D eigenvalue weighted by molar-refractivity contribution is 5.94. The minimum Gasteiger partial charge on any atom is -0.331 e. The normalized spacial score (nSPS) is 11.2. The molecule has 0 saturated heterocycles. The lowest BCUT2D eigenvalue weighted by Crippen LogP contribution is -2.39. The van der Waals surface area contributed by atoms with Crippen molar-refractivity contribution in [3.63, 3.8) is 0 Å². The van der Waals surface area contributed by atoms with Gasteiger partial charge < -0.3 is 9.80 Å². The molecule has 3 aromatic rings.